The number of hydrogen-bond acceptors (Lipinski definition) is 1. The van der Waals surface area contributed by atoms with Crippen LogP contribution < -0.4 is 5.32 Å². The molecule has 0 spiro atoms. The van der Waals surface area contributed by atoms with Crippen LogP contribution in [-0.4, -0.2) is 10.5 Å². The summed E-state index contributed by atoms with van der Waals surface area (Å²) in [5.74, 6) is 0.103. The van der Waals surface area contributed by atoms with Gasteiger partial charge in [-0.2, -0.15) is 0 Å². The third kappa shape index (κ3) is 3.51. The lowest BCUT2D eigenvalue weighted by atomic mass is 10.1. The number of benzene rings is 2. The van der Waals surface area contributed by atoms with Crippen LogP contribution in [0.4, 0.5) is 0 Å². The highest BCUT2D eigenvalue weighted by Gasteiger charge is 2.09. The number of aromatic nitrogens is 1. The van der Waals surface area contributed by atoms with Gasteiger partial charge < -0.3 is 9.88 Å². The zero-order chi connectivity index (χ0) is 16.9. The molecule has 1 amide bonds. The van der Waals surface area contributed by atoms with Crippen molar-refractivity contribution in [3.05, 3.63) is 71.4 Å². The summed E-state index contributed by atoms with van der Waals surface area (Å²) in [7, 11) is 0. The highest BCUT2D eigenvalue weighted by Crippen LogP contribution is 2.22. The maximum absolute atomic E-state index is 12.2. The molecule has 3 aromatic rings. The number of para-hydroxylation sites is 1. The largest absolute Gasteiger partial charge is 0.352 e. The summed E-state index contributed by atoms with van der Waals surface area (Å²) in [5.41, 5.74) is 4.88. The molecule has 0 atom stereocenters. The van der Waals surface area contributed by atoms with Gasteiger partial charge in [0.15, 0.2) is 0 Å². The molecule has 1 N–H and O–H groups in total. The molecule has 0 saturated carbocycles. The standard InChI is InChI=1S/C21H24N2O/c1-3-23-15-18(19-10-6-7-11-20(19)23)12-13-21(24)22-14-17-9-5-4-8-16(17)2/h4-11,15H,3,12-14H2,1-2H3,(H,22,24). The van der Waals surface area contributed by atoms with Crippen molar-refractivity contribution in [2.24, 2.45) is 0 Å². The van der Waals surface area contributed by atoms with Gasteiger partial charge >= 0.3 is 0 Å². The number of carbonyl (C=O) groups excluding carboxylic acids is 1. The summed E-state index contributed by atoms with van der Waals surface area (Å²) in [6.45, 7) is 5.76. The van der Waals surface area contributed by atoms with Crippen LogP contribution in [0.25, 0.3) is 10.9 Å². The van der Waals surface area contributed by atoms with E-state index in [0.29, 0.717) is 13.0 Å². The van der Waals surface area contributed by atoms with Gasteiger partial charge in [0.25, 0.3) is 0 Å². The number of aryl methyl sites for hydroxylation is 3. The SMILES string of the molecule is CCn1cc(CCC(=O)NCc2ccccc2C)c2ccccc21. The van der Waals surface area contributed by atoms with Gasteiger partial charge in [-0.15, -0.1) is 0 Å². The fraction of sp³-hybridized carbons (Fsp3) is 0.286. The first-order valence-electron chi connectivity index (χ1n) is 8.57. The Balaban J connectivity index is 1.62. The van der Waals surface area contributed by atoms with Crippen molar-refractivity contribution < 1.29 is 4.79 Å². The van der Waals surface area contributed by atoms with E-state index in [1.54, 1.807) is 0 Å². The Morgan fingerprint density at radius 1 is 1.04 bits per heavy atom. The maximum atomic E-state index is 12.2. The molecule has 0 radical (unpaired) electrons. The number of rotatable bonds is 6. The van der Waals surface area contributed by atoms with Crippen molar-refractivity contribution in [3.8, 4) is 0 Å². The van der Waals surface area contributed by atoms with Crippen LogP contribution in [0.2, 0.25) is 0 Å². The van der Waals surface area contributed by atoms with Crippen molar-refractivity contribution >= 4 is 16.8 Å². The molecule has 3 nitrogen and oxygen atoms in total. The number of nitrogens with one attached hydrogen (secondary N) is 1. The van der Waals surface area contributed by atoms with Crippen LogP contribution in [0.3, 0.4) is 0 Å². The van der Waals surface area contributed by atoms with Gasteiger partial charge in [0.2, 0.25) is 5.91 Å². The molecule has 3 heteroatoms. The van der Waals surface area contributed by atoms with Crippen molar-refractivity contribution in [2.75, 3.05) is 0 Å². The lowest BCUT2D eigenvalue weighted by Gasteiger charge is -2.07. The number of amides is 1. The van der Waals surface area contributed by atoms with Crippen LogP contribution in [0.15, 0.2) is 54.7 Å². The van der Waals surface area contributed by atoms with Gasteiger partial charge in [-0.05, 0) is 43.0 Å². The van der Waals surface area contributed by atoms with Crippen LogP contribution in [0.5, 0.6) is 0 Å². The summed E-state index contributed by atoms with van der Waals surface area (Å²) in [6.07, 6.45) is 3.47. The lowest BCUT2D eigenvalue weighted by Crippen LogP contribution is -2.23. The van der Waals surface area contributed by atoms with E-state index in [9.17, 15) is 4.79 Å². The first kappa shape index (κ1) is 16.3. The van der Waals surface area contributed by atoms with Gasteiger partial charge in [0, 0.05) is 36.6 Å². The predicted octanol–water partition coefficient (Wildman–Crippen LogP) is 4.22. The first-order valence-corrected chi connectivity index (χ1v) is 8.57. The molecule has 124 valence electrons. The molecule has 3 rings (SSSR count). The highest BCUT2D eigenvalue weighted by molar-refractivity contribution is 5.85. The second-order valence-corrected chi connectivity index (χ2v) is 6.16. The average molecular weight is 320 g/mol. The van der Waals surface area contributed by atoms with E-state index >= 15 is 0 Å². The fourth-order valence-electron chi connectivity index (χ4n) is 3.12. The Morgan fingerprint density at radius 3 is 2.58 bits per heavy atom. The number of nitrogens with zero attached hydrogens (tertiary/aromatic N) is 1. The summed E-state index contributed by atoms with van der Waals surface area (Å²) in [6, 6.07) is 16.6. The Morgan fingerprint density at radius 2 is 1.79 bits per heavy atom. The van der Waals surface area contributed by atoms with Gasteiger partial charge in [-0.25, -0.2) is 0 Å². The average Bonchev–Trinajstić information content (AvgIpc) is 2.97. The molecular weight excluding hydrogens is 296 g/mol. The van der Waals surface area contributed by atoms with E-state index in [0.717, 1.165) is 13.0 Å². The molecule has 1 heterocycles. The molecule has 0 saturated heterocycles. The van der Waals surface area contributed by atoms with Crippen LogP contribution in [-0.2, 0) is 24.3 Å². The zero-order valence-corrected chi connectivity index (χ0v) is 14.4. The smallest absolute Gasteiger partial charge is 0.220 e. The number of fused-ring (bicyclic) bond motifs is 1. The minimum atomic E-state index is 0.103. The Bertz CT molecular complexity index is 848. The van der Waals surface area contributed by atoms with Crippen molar-refractivity contribution in [1.82, 2.24) is 9.88 Å². The van der Waals surface area contributed by atoms with E-state index in [4.69, 9.17) is 0 Å². The van der Waals surface area contributed by atoms with Crippen LogP contribution in [0, 0.1) is 6.92 Å². The molecule has 2 aromatic carbocycles. The van der Waals surface area contributed by atoms with Crippen molar-refractivity contribution in [1.29, 1.82) is 0 Å². The molecule has 0 aliphatic heterocycles. The Hall–Kier alpha value is -2.55. The number of hydrogen-bond donors (Lipinski definition) is 1. The quantitative estimate of drug-likeness (QED) is 0.725. The van der Waals surface area contributed by atoms with E-state index < -0.39 is 0 Å². The molecule has 0 fully saturated rings. The van der Waals surface area contributed by atoms with Crippen LogP contribution in [0.1, 0.15) is 30.0 Å². The van der Waals surface area contributed by atoms with Gasteiger partial charge in [0.1, 0.15) is 0 Å². The summed E-state index contributed by atoms with van der Waals surface area (Å²) < 4.78 is 2.25. The fourth-order valence-corrected chi connectivity index (χ4v) is 3.12. The zero-order valence-electron chi connectivity index (χ0n) is 14.4. The normalized spacial score (nSPS) is 10.9. The third-order valence-electron chi connectivity index (χ3n) is 4.57. The lowest BCUT2D eigenvalue weighted by molar-refractivity contribution is -0.121. The molecule has 24 heavy (non-hydrogen) atoms. The summed E-state index contributed by atoms with van der Waals surface area (Å²) in [4.78, 5) is 12.2. The second-order valence-electron chi connectivity index (χ2n) is 6.16. The minimum Gasteiger partial charge on any atom is -0.352 e. The minimum absolute atomic E-state index is 0.103. The van der Waals surface area contributed by atoms with Gasteiger partial charge in [0.05, 0.1) is 0 Å². The molecule has 0 unspecified atom stereocenters. The first-order chi connectivity index (χ1) is 11.7. The highest BCUT2D eigenvalue weighted by atomic mass is 16.1. The third-order valence-corrected chi connectivity index (χ3v) is 4.57. The Labute approximate surface area is 143 Å². The molecule has 0 bridgehead atoms. The van der Waals surface area contributed by atoms with E-state index in [-0.39, 0.29) is 5.91 Å². The van der Waals surface area contributed by atoms with Crippen molar-refractivity contribution in [3.63, 3.8) is 0 Å². The maximum Gasteiger partial charge on any atom is 0.220 e. The summed E-state index contributed by atoms with van der Waals surface area (Å²) >= 11 is 0. The monoisotopic (exact) mass is 320 g/mol. The second kappa shape index (κ2) is 7.35. The van der Waals surface area contributed by atoms with Gasteiger partial charge in [-0.1, -0.05) is 42.5 Å². The summed E-state index contributed by atoms with van der Waals surface area (Å²) in [5, 5.41) is 4.29. The van der Waals surface area contributed by atoms with Crippen molar-refractivity contribution in [2.45, 2.75) is 39.8 Å². The van der Waals surface area contributed by atoms with E-state index in [1.807, 2.05) is 12.1 Å². The van der Waals surface area contributed by atoms with E-state index in [2.05, 4.69) is 66.3 Å². The topological polar surface area (TPSA) is 34.0 Å². The number of carbonyl (C=O) groups is 1. The molecule has 1 aromatic heterocycles. The van der Waals surface area contributed by atoms with Crippen LogP contribution >= 0.6 is 0 Å². The Kier molecular flexibility index (Phi) is 4.99. The molecule has 0 aliphatic carbocycles. The predicted molar refractivity (Wildman–Crippen MR) is 99.0 cm³/mol. The molecular formula is C21H24N2O. The molecule has 0 aliphatic rings. The van der Waals surface area contributed by atoms with E-state index in [1.165, 1.54) is 27.6 Å². The van der Waals surface area contributed by atoms with Gasteiger partial charge in [-0.3, -0.25) is 4.79 Å².